The number of hydrogen-bond donors (Lipinski definition) is 2. The largest absolute Gasteiger partial charge is 0.488 e. The van der Waals surface area contributed by atoms with Crippen molar-refractivity contribution in [3.63, 3.8) is 0 Å². The van der Waals surface area contributed by atoms with Crippen molar-refractivity contribution < 1.29 is 4.74 Å². The number of ether oxygens (including phenoxy) is 1. The number of nitrogen functional groups attached to an aromatic ring is 1. The van der Waals surface area contributed by atoms with Crippen molar-refractivity contribution >= 4 is 18.0 Å². The van der Waals surface area contributed by atoms with E-state index in [1.807, 2.05) is 6.92 Å². The number of H-pyrrole nitrogens is 1. The summed E-state index contributed by atoms with van der Waals surface area (Å²) >= 11 is 4.74. The molecule has 0 saturated carbocycles. The lowest BCUT2D eigenvalue weighted by Crippen LogP contribution is -2.00. The van der Waals surface area contributed by atoms with Gasteiger partial charge >= 0.3 is 0 Å². The fourth-order valence-corrected chi connectivity index (χ4v) is 0.829. The van der Waals surface area contributed by atoms with Crippen molar-refractivity contribution in [3.8, 4) is 5.75 Å². The SMILES string of the molecule is CCOc1cnc(=S)[nH]c1N. The highest BCUT2D eigenvalue weighted by Gasteiger charge is 1.97. The van der Waals surface area contributed by atoms with Crippen molar-refractivity contribution in [2.45, 2.75) is 6.92 Å². The smallest absolute Gasteiger partial charge is 0.198 e. The van der Waals surface area contributed by atoms with Crippen LogP contribution in [0.5, 0.6) is 5.75 Å². The summed E-state index contributed by atoms with van der Waals surface area (Å²) in [6, 6.07) is 0. The zero-order valence-electron chi connectivity index (χ0n) is 6.13. The Kier molecular flexibility index (Phi) is 2.43. The first-order valence-electron chi connectivity index (χ1n) is 3.21. The Labute approximate surface area is 69.4 Å². The summed E-state index contributed by atoms with van der Waals surface area (Å²) in [5.74, 6) is 0.966. The van der Waals surface area contributed by atoms with Crippen LogP contribution in [-0.2, 0) is 0 Å². The second-order valence-corrected chi connectivity index (χ2v) is 2.29. The van der Waals surface area contributed by atoms with Crippen LogP contribution < -0.4 is 10.5 Å². The molecule has 0 aliphatic carbocycles. The average Bonchev–Trinajstić information content (AvgIpc) is 1.95. The predicted octanol–water partition coefficient (Wildman–Crippen LogP) is 1.12. The van der Waals surface area contributed by atoms with Gasteiger partial charge in [0.1, 0.15) is 5.82 Å². The van der Waals surface area contributed by atoms with Crippen molar-refractivity contribution in [2.75, 3.05) is 12.3 Å². The molecule has 3 N–H and O–H groups in total. The summed E-state index contributed by atoms with van der Waals surface area (Å²) in [6.07, 6.45) is 1.51. The van der Waals surface area contributed by atoms with Crippen LogP contribution in [0.25, 0.3) is 0 Å². The second kappa shape index (κ2) is 3.34. The molecule has 60 valence electrons. The van der Waals surface area contributed by atoms with E-state index in [-0.39, 0.29) is 0 Å². The number of aromatic nitrogens is 2. The quantitative estimate of drug-likeness (QED) is 0.654. The number of hydrogen-bond acceptors (Lipinski definition) is 4. The molecule has 1 aromatic heterocycles. The first-order valence-corrected chi connectivity index (χ1v) is 3.62. The van der Waals surface area contributed by atoms with Crippen molar-refractivity contribution in [3.05, 3.63) is 11.0 Å². The van der Waals surface area contributed by atoms with Crippen LogP contribution >= 0.6 is 12.2 Å². The number of aromatic amines is 1. The maximum absolute atomic E-state index is 5.52. The Hall–Kier alpha value is -1.10. The minimum Gasteiger partial charge on any atom is -0.488 e. The van der Waals surface area contributed by atoms with Crippen LogP contribution in [0.1, 0.15) is 6.92 Å². The zero-order chi connectivity index (χ0) is 8.27. The number of rotatable bonds is 2. The molecule has 0 aliphatic rings. The molecule has 1 heterocycles. The Morgan fingerprint density at radius 3 is 3.09 bits per heavy atom. The molecule has 0 fully saturated rings. The van der Waals surface area contributed by atoms with Crippen LogP contribution in [0, 0.1) is 4.77 Å². The fraction of sp³-hybridized carbons (Fsp3) is 0.333. The van der Waals surface area contributed by atoms with Gasteiger partial charge in [-0.05, 0) is 19.1 Å². The average molecular weight is 171 g/mol. The van der Waals surface area contributed by atoms with Crippen LogP contribution in [0.4, 0.5) is 5.82 Å². The third kappa shape index (κ3) is 1.91. The van der Waals surface area contributed by atoms with E-state index in [1.54, 1.807) is 0 Å². The van der Waals surface area contributed by atoms with Gasteiger partial charge in [-0.2, -0.15) is 0 Å². The first kappa shape index (κ1) is 8.00. The van der Waals surface area contributed by atoms with E-state index in [1.165, 1.54) is 6.20 Å². The molecular weight excluding hydrogens is 162 g/mol. The van der Waals surface area contributed by atoms with Gasteiger partial charge in [0, 0.05) is 0 Å². The lowest BCUT2D eigenvalue weighted by atomic mass is 10.5. The molecule has 0 spiro atoms. The molecule has 11 heavy (non-hydrogen) atoms. The molecule has 0 atom stereocenters. The Bertz CT molecular complexity index is 296. The minimum absolute atomic E-state index is 0.367. The second-order valence-electron chi connectivity index (χ2n) is 1.90. The Morgan fingerprint density at radius 2 is 2.55 bits per heavy atom. The summed E-state index contributed by atoms with van der Waals surface area (Å²) in [5.41, 5.74) is 5.52. The van der Waals surface area contributed by atoms with Gasteiger partial charge in [-0.1, -0.05) is 0 Å². The molecule has 0 unspecified atom stereocenters. The van der Waals surface area contributed by atoms with Gasteiger partial charge in [-0.25, -0.2) is 4.98 Å². The summed E-state index contributed by atoms with van der Waals surface area (Å²) in [7, 11) is 0. The third-order valence-corrected chi connectivity index (χ3v) is 1.31. The minimum atomic E-state index is 0.367. The van der Waals surface area contributed by atoms with E-state index < -0.39 is 0 Å². The molecule has 0 amide bonds. The van der Waals surface area contributed by atoms with Crippen molar-refractivity contribution in [1.82, 2.24) is 9.97 Å². The molecule has 0 bridgehead atoms. The van der Waals surface area contributed by atoms with E-state index in [4.69, 9.17) is 22.7 Å². The van der Waals surface area contributed by atoms with Crippen molar-refractivity contribution in [2.24, 2.45) is 0 Å². The van der Waals surface area contributed by atoms with Crippen LogP contribution in [-0.4, -0.2) is 16.6 Å². The molecule has 0 aliphatic heterocycles. The molecule has 1 rings (SSSR count). The summed E-state index contributed by atoms with van der Waals surface area (Å²) < 4.78 is 5.49. The Morgan fingerprint density at radius 1 is 1.82 bits per heavy atom. The number of anilines is 1. The van der Waals surface area contributed by atoms with Gasteiger partial charge in [-0.15, -0.1) is 0 Å². The molecular formula is C6H9N3OS. The van der Waals surface area contributed by atoms with E-state index in [2.05, 4.69) is 9.97 Å². The van der Waals surface area contributed by atoms with E-state index in [9.17, 15) is 0 Å². The molecule has 4 nitrogen and oxygen atoms in total. The van der Waals surface area contributed by atoms with Gasteiger partial charge in [-0.3, -0.25) is 0 Å². The lowest BCUT2D eigenvalue weighted by molar-refractivity contribution is 0.339. The topological polar surface area (TPSA) is 63.9 Å². The normalized spacial score (nSPS) is 9.55. The lowest BCUT2D eigenvalue weighted by Gasteiger charge is -2.03. The van der Waals surface area contributed by atoms with E-state index >= 15 is 0 Å². The molecule has 0 aromatic carbocycles. The highest BCUT2D eigenvalue weighted by atomic mass is 32.1. The predicted molar refractivity (Wildman–Crippen MR) is 45.0 cm³/mol. The highest BCUT2D eigenvalue weighted by Crippen LogP contribution is 2.15. The molecule has 0 saturated heterocycles. The maximum Gasteiger partial charge on any atom is 0.198 e. The van der Waals surface area contributed by atoms with Gasteiger partial charge in [0.15, 0.2) is 10.5 Å². The van der Waals surface area contributed by atoms with Crippen LogP contribution in [0.2, 0.25) is 0 Å². The third-order valence-electron chi connectivity index (χ3n) is 1.11. The first-order chi connectivity index (χ1) is 5.24. The van der Waals surface area contributed by atoms with Gasteiger partial charge < -0.3 is 15.5 Å². The van der Waals surface area contributed by atoms with Gasteiger partial charge in [0.05, 0.1) is 12.8 Å². The van der Waals surface area contributed by atoms with Crippen molar-refractivity contribution in [1.29, 1.82) is 0 Å². The molecule has 0 radical (unpaired) electrons. The fourth-order valence-electron chi connectivity index (χ4n) is 0.666. The summed E-state index contributed by atoms with van der Waals surface area (Å²) in [4.78, 5) is 6.49. The zero-order valence-corrected chi connectivity index (χ0v) is 6.94. The standard InChI is InChI=1S/C6H9N3OS/c1-2-10-4-3-8-6(11)9-5(4)7/h3H,2H2,1H3,(H3,7,8,9,11). The van der Waals surface area contributed by atoms with Gasteiger partial charge in [0.25, 0.3) is 0 Å². The van der Waals surface area contributed by atoms with Crippen LogP contribution in [0.15, 0.2) is 6.20 Å². The number of nitrogens with one attached hydrogen (secondary N) is 1. The Balaban J connectivity index is 2.99. The van der Waals surface area contributed by atoms with E-state index in [0.717, 1.165) is 0 Å². The molecule has 5 heteroatoms. The maximum atomic E-state index is 5.52. The van der Waals surface area contributed by atoms with Crippen LogP contribution in [0.3, 0.4) is 0 Å². The number of nitrogens with zero attached hydrogens (tertiary/aromatic N) is 1. The van der Waals surface area contributed by atoms with E-state index in [0.29, 0.717) is 22.9 Å². The van der Waals surface area contributed by atoms with Gasteiger partial charge in [0.2, 0.25) is 0 Å². The highest BCUT2D eigenvalue weighted by molar-refractivity contribution is 7.71. The number of nitrogens with two attached hydrogens (primary N) is 1. The monoisotopic (exact) mass is 171 g/mol. The summed E-state index contributed by atoms with van der Waals surface area (Å²) in [6.45, 7) is 2.44. The summed E-state index contributed by atoms with van der Waals surface area (Å²) in [5, 5.41) is 0. The molecule has 1 aromatic rings.